The molecule has 0 aliphatic rings. The van der Waals surface area contributed by atoms with Crippen LogP contribution in [0, 0.1) is 25.0 Å². The Bertz CT molecular complexity index is 1240. The number of nitrogens with zero attached hydrogens (tertiary/aromatic N) is 2. The molecule has 172 valence electrons. The number of nitro benzene ring substituents is 1. The van der Waals surface area contributed by atoms with E-state index >= 15 is 0 Å². The molecule has 0 aliphatic carbocycles. The number of ether oxygens (including phenoxy) is 2. The molecular weight excluding hydrogens is 543 g/mol. The fourth-order valence-corrected chi connectivity index (χ4v) is 3.71. The third kappa shape index (κ3) is 6.45. The molecule has 3 aromatic carbocycles. The van der Waals surface area contributed by atoms with E-state index in [0.29, 0.717) is 42.3 Å². The number of nitro groups is 1. The summed E-state index contributed by atoms with van der Waals surface area (Å²) in [6.07, 6.45) is 4.08. The van der Waals surface area contributed by atoms with E-state index in [0.717, 1.165) is 20.3 Å². The van der Waals surface area contributed by atoms with Crippen molar-refractivity contribution in [3.8, 4) is 17.6 Å². The van der Waals surface area contributed by atoms with E-state index in [-0.39, 0.29) is 5.69 Å². The van der Waals surface area contributed by atoms with Gasteiger partial charge >= 0.3 is 0 Å². The Hall–Kier alpha value is -3.64. The summed E-state index contributed by atoms with van der Waals surface area (Å²) in [5.74, 6) is 1.23. The molecular formula is C27H23IN2O4. The first kappa shape index (κ1) is 25.0. The Labute approximate surface area is 212 Å². The summed E-state index contributed by atoms with van der Waals surface area (Å²) in [4.78, 5) is 10.5. The topological polar surface area (TPSA) is 85.4 Å². The van der Waals surface area contributed by atoms with Gasteiger partial charge in [-0.25, -0.2) is 0 Å². The van der Waals surface area contributed by atoms with Gasteiger partial charge in [0.05, 0.1) is 23.2 Å². The number of non-ortho nitro benzene ring substituents is 1. The van der Waals surface area contributed by atoms with Crippen LogP contribution in [0.4, 0.5) is 5.69 Å². The van der Waals surface area contributed by atoms with E-state index in [9.17, 15) is 15.4 Å². The highest BCUT2D eigenvalue weighted by Crippen LogP contribution is 2.36. The molecule has 0 saturated heterocycles. The van der Waals surface area contributed by atoms with Crippen molar-refractivity contribution < 1.29 is 14.4 Å². The lowest BCUT2D eigenvalue weighted by Gasteiger charge is -2.17. The second-order valence-electron chi connectivity index (χ2n) is 7.32. The zero-order chi connectivity index (χ0) is 24.5. The van der Waals surface area contributed by atoms with Crippen molar-refractivity contribution in [2.24, 2.45) is 0 Å². The van der Waals surface area contributed by atoms with Gasteiger partial charge in [0, 0.05) is 21.3 Å². The lowest BCUT2D eigenvalue weighted by molar-refractivity contribution is -0.384. The maximum Gasteiger partial charge on any atom is 0.269 e. The van der Waals surface area contributed by atoms with Crippen LogP contribution in [0.15, 0.2) is 73.3 Å². The molecule has 3 aromatic rings. The Morgan fingerprint density at radius 1 is 1.15 bits per heavy atom. The maximum absolute atomic E-state index is 10.9. The summed E-state index contributed by atoms with van der Waals surface area (Å²) in [6, 6.07) is 20.0. The van der Waals surface area contributed by atoms with Gasteiger partial charge < -0.3 is 9.47 Å². The summed E-state index contributed by atoms with van der Waals surface area (Å²) in [5.41, 5.74) is 3.64. The summed E-state index contributed by atoms with van der Waals surface area (Å²) in [6.45, 7) is 6.60. The zero-order valence-electron chi connectivity index (χ0n) is 18.7. The number of rotatable bonds is 10. The van der Waals surface area contributed by atoms with Crippen molar-refractivity contribution in [1.29, 1.82) is 5.26 Å². The van der Waals surface area contributed by atoms with Crippen molar-refractivity contribution >= 4 is 39.9 Å². The van der Waals surface area contributed by atoms with Crippen molar-refractivity contribution in [3.63, 3.8) is 0 Å². The van der Waals surface area contributed by atoms with E-state index in [2.05, 4.69) is 35.2 Å². The second-order valence-corrected chi connectivity index (χ2v) is 8.57. The molecule has 34 heavy (non-hydrogen) atoms. The van der Waals surface area contributed by atoms with Gasteiger partial charge in [-0.15, -0.1) is 6.58 Å². The number of hydrogen-bond acceptors (Lipinski definition) is 5. The first-order valence-electron chi connectivity index (χ1n) is 10.6. The fourth-order valence-electron chi connectivity index (χ4n) is 3.35. The Morgan fingerprint density at radius 2 is 1.85 bits per heavy atom. The van der Waals surface area contributed by atoms with Crippen molar-refractivity contribution in [2.75, 3.05) is 6.61 Å². The highest BCUT2D eigenvalue weighted by molar-refractivity contribution is 14.1. The maximum atomic E-state index is 10.9. The molecule has 0 amide bonds. The number of allylic oxidation sites excluding steroid dienone is 2. The molecule has 6 nitrogen and oxygen atoms in total. The number of hydrogen-bond donors (Lipinski definition) is 0. The molecule has 0 fully saturated rings. The zero-order valence-corrected chi connectivity index (χ0v) is 20.8. The highest BCUT2D eigenvalue weighted by atomic mass is 127. The van der Waals surface area contributed by atoms with Crippen LogP contribution in [0.1, 0.15) is 29.2 Å². The van der Waals surface area contributed by atoms with Gasteiger partial charge in [-0.1, -0.05) is 18.2 Å². The number of halogens is 1. The lowest BCUT2D eigenvalue weighted by Crippen LogP contribution is -2.03. The molecule has 0 heterocycles. The van der Waals surface area contributed by atoms with E-state index in [1.165, 1.54) is 12.1 Å². The van der Waals surface area contributed by atoms with Gasteiger partial charge in [0.1, 0.15) is 6.61 Å². The van der Waals surface area contributed by atoms with E-state index in [4.69, 9.17) is 9.47 Å². The third-order valence-electron chi connectivity index (χ3n) is 4.94. The summed E-state index contributed by atoms with van der Waals surface area (Å²) in [5, 5.41) is 20.6. The van der Waals surface area contributed by atoms with Crippen molar-refractivity contribution in [2.45, 2.75) is 20.0 Å². The monoisotopic (exact) mass is 566 g/mol. The third-order valence-corrected chi connectivity index (χ3v) is 5.65. The minimum absolute atomic E-state index is 0.0254. The molecule has 0 radical (unpaired) electrons. The molecule has 7 heteroatoms. The minimum Gasteiger partial charge on any atom is -0.490 e. The van der Waals surface area contributed by atoms with Gasteiger partial charge in [0.15, 0.2) is 11.5 Å². The number of nitriles is 1. The average molecular weight is 566 g/mol. The first-order chi connectivity index (χ1) is 16.4. The quantitative estimate of drug-likeness (QED) is 0.0661. The van der Waals surface area contributed by atoms with Crippen LogP contribution in [0.25, 0.3) is 11.6 Å². The van der Waals surface area contributed by atoms with Gasteiger partial charge in [0.25, 0.3) is 5.69 Å². The fraction of sp³-hybridized carbons (Fsp3) is 0.148. The molecule has 0 spiro atoms. The Balaban J connectivity index is 1.98. The van der Waals surface area contributed by atoms with Crippen LogP contribution in [-0.4, -0.2) is 11.5 Å². The van der Waals surface area contributed by atoms with E-state index in [1.807, 2.05) is 43.3 Å². The largest absolute Gasteiger partial charge is 0.490 e. The Kier molecular flexibility index (Phi) is 8.82. The smallest absolute Gasteiger partial charge is 0.269 e. The molecule has 0 unspecified atom stereocenters. The SMILES string of the molecule is C=CCc1cc(/C=C(/C#N)c2ccc([N+](=O)[O-])cc2)cc(OCC)c1OCc1ccc(I)cc1. The summed E-state index contributed by atoms with van der Waals surface area (Å²) < 4.78 is 13.2. The van der Waals surface area contributed by atoms with Crippen LogP contribution in [0.5, 0.6) is 11.5 Å². The Morgan fingerprint density at radius 3 is 2.44 bits per heavy atom. The first-order valence-corrected chi connectivity index (χ1v) is 11.7. The van der Waals surface area contributed by atoms with Gasteiger partial charge in [0.2, 0.25) is 0 Å². The molecule has 0 aromatic heterocycles. The standard InChI is InChI=1S/C27H23IN2O4/c1-3-5-22-14-20(15-23(17-29)21-8-12-25(13-9-21)30(31)32)16-26(33-4-2)27(22)34-18-19-6-10-24(28)11-7-19/h3,6-16H,1,4-5,18H2,2H3/b23-15-. The van der Waals surface area contributed by atoms with Crippen molar-refractivity contribution in [1.82, 2.24) is 0 Å². The predicted molar refractivity (Wildman–Crippen MR) is 142 cm³/mol. The normalized spacial score (nSPS) is 10.9. The van der Waals surface area contributed by atoms with Gasteiger partial charge in [-0.2, -0.15) is 5.26 Å². The number of benzene rings is 3. The van der Waals surface area contributed by atoms with Crippen LogP contribution in [0.2, 0.25) is 0 Å². The van der Waals surface area contributed by atoms with E-state index < -0.39 is 4.92 Å². The lowest BCUT2D eigenvalue weighted by atomic mass is 10.0. The summed E-state index contributed by atoms with van der Waals surface area (Å²) in [7, 11) is 0. The average Bonchev–Trinajstić information content (AvgIpc) is 2.83. The molecule has 0 saturated carbocycles. The predicted octanol–water partition coefficient (Wildman–Crippen LogP) is 6.97. The summed E-state index contributed by atoms with van der Waals surface area (Å²) >= 11 is 2.26. The molecule has 0 bridgehead atoms. The molecule has 0 N–H and O–H groups in total. The molecule has 0 atom stereocenters. The van der Waals surface area contributed by atoms with E-state index in [1.54, 1.807) is 24.3 Å². The second kappa shape index (κ2) is 12.0. The van der Waals surface area contributed by atoms with Gasteiger partial charge in [-0.3, -0.25) is 10.1 Å². The van der Waals surface area contributed by atoms with Crippen LogP contribution in [-0.2, 0) is 13.0 Å². The van der Waals surface area contributed by atoms with Crippen LogP contribution < -0.4 is 9.47 Å². The molecule has 0 aliphatic heterocycles. The van der Waals surface area contributed by atoms with Crippen LogP contribution in [0.3, 0.4) is 0 Å². The highest BCUT2D eigenvalue weighted by Gasteiger charge is 2.14. The van der Waals surface area contributed by atoms with Crippen molar-refractivity contribution in [3.05, 3.63) is 109 Å². The minimum atomic E-state index is -0.468. The van der Waals surface area contributed by atoms with Crippen LogP contribution >= 0.6 is 22.6 Å². The molecule has 3 rings (SSSR count). The van der Waals surface area contributed by atoms with Gasteiger partial charge in [-0.05, 0) is 95.1 Å².